The highest BCUT2D eigenvalue weighted by atomic mass is 16.6. The minimum Gasteiger partial charge on any atom is -0.473 e. The summed E-state index contributed by atoms with van der Waals surface area (Å²) in [4.78, 5) is 17.3. The number of aromatic nitrogens is 1. The van der Waals surface area contributed by atoms with Crippen LogP contribution in [-0.2, 0) is 36.9 Å². The number of rotatable bonds is 24. The van der Waals surface area contributed by atoms with Gasteiger partial charge in [-0.3, -0.25) is 4.79 Å². The second kappa shape index (κ2) is 24.1. The molecule has 3 aromatic rings. The van der Waals surface area contributed by atoms with Crippen molar-refractivity contribution in [1.82, 2.24) is 15.6 Å². The van der Waals surface area contributed by atoms with Gasteiger partial charge in [-0.05, 0) is 72.3 Å². The van der Waals surface area contributed by atoms with E-state index in [0.717, 1.165) is 17.7 Å². The molecule has 0 atom stereocenters. The molecule has 0 spiro atoms. The number of nitrogens with zero attached hydrogens (tertiary/aromatic N) is 1. The minimum atomic E-state index is 0.139. The van der Waals surface area contributed by atoms with Crippen molar-refractivity contribution in [2.75, 3.05) is 59.4 Å². The second-order valence-corrected chi connectivity index (χ2v) is 14.5. The number of amides is 1. The lowest BCUT2D eigenvalue weighted by molar-refractivity contribution is -0.124. The Kier molecular flexibility index (Phi) is 18.6. The largest absolute Gasteiger partial charge is 0.473 e. The molecule has 2 fully saturated rings. The molecule has 1 amide bonds. The third-order valence-electron chi connectivity index (χ3n) is 10.7. The molecule has 9 heteroatoms. The summed E-state index contributed by atoms with van der Waals surface area (Å²) in [5, 5.41) is 6.83. The maximum absolute atomic E-state index is 12.8. The Bertz CT molecular complexity index is 1410. The molecule has 2 N–H and O–H groups in total. The molecular weight excluding hydrogens is 666 g/mol. The third-order valence-corrected chi connectivity index (χ3v) is 10.7. The Hall–Kier alpha value is -3.34. The molecule has 2 aliphatic rings. The van der Waals surface area contributed by atoms with Gasteiger partial charge in [0.2, 0.25) is 11.8 Å². The maximum atomic E-state index is 12.8. The third kappa shape index (κ3) is 14.8. The van der Waals surface area contributed by atoms with Gasteiger partial charge < -0.3 is 34.3 Å². The average molecular weight is 730 g/mol. The van der Waals surface area contributed by atoms with Crippen molar-refractivity contribution in [1.29, 1.82) is 0 Å². The van der Waals surface area contributed by atoms with E-state index in [1.54, 1.807) is 0 Å². The van der Waals surface area contributed by atoms with Crippen molar-refractivity contribution in [3.05, 3.63) is 83.6 Å². The molecule has 5 rings (SSSR count). The molecule has 1 aromatic heterocycles. The van der Waals surface area contributed by atoms with Gasteiger partial charge in [-0.1, -0.05) is 93.1 Å². The van der Waals surface area contributed by atoms with Gasteiger partial charge in [0.25, 0.3) is 0 Å². The van der Waals surface area contributed by atoms with Gasteiger partial charge >= 0.3 is 0 Å². The second-order valence-electron chi connectivity index (χ2n) is 14.5. The van der Waals surface area contributed by atoms with Crippen LogP contribution >= 0.6 is 0 Å². The SMILES string of the molecule is Cc1c(COc2ccc(CNCCOCCOCCOCCOCCC(=O)NC(C3CCCCC3)C3CCCCC3)cn2)cccc1-c1ccccc1. The molecule has 53 heavy (non-hydrogen) atoms. The lowest BCUT2D eigenvalue weighted by Gasteiger charge is -2.38. The molecule has 0 aliphatic heterocycles. The van der Waals surface area contributed by atoms with E-state index < -0.39 is 0 Å². The number of nitrogens with one attached hydrogen (secondary N) is 2. The van der Waals surface area contributed by atoms with Crippen LogP contribution < -0.4 is 15.4 Å². The Balaban J connectivity index is 0.811. The van der Waals surface area contributed by atoms with Gasteiger partial charge in [0.1, 0.15) is 6.61 Å². The van der Waals surface area contributed by atoms with E-state index in [0.29, 0.717) is 96.2 Å². The first kappa shape index (κ1) is 40.8. The van der Waals surface area contributed by atoms with E-state index in [1.165, 1.54) is 80.9 Å². The predicted octanol–water partition coefficient (Wildman–Crippen LogP) is 7.83. The Morgan fingerprint density at radius 2 is 1.34 bits per heavy atom. The van der Waals surface area contributed by atoms with Gasteiger partial charge in [-0.15, -0.1) is 0 Å². The number of hydrogen-bond acceptors (Lipinski definition) is 8. The number of benzene rings is 2. The Labute approximate surface area is 317 Å². The first-order chi connectivity index (χ1) is 26.2. The number of ether oxygens (including phenoxy) is 5. The summed E-state index contributed by atoms with van der Waals surface area (Å²) < 4.78 is 28.6. The Morgan fingerprint density at radius 1 is 0.717 bits per heavy atom. The molecule has 0 saturated heterocycles. The van der Waals surface area contributed by atoms with Crippen LogP contribution in [0.5, 0.6) is 5.88 Å². The summed E-state index contributed by atoms with van der Waals surface area (Å²) in [5.74, 6) is 2.06. The van der Waals surface area contributed by atoms with Crippen molar-refractivity contribution < 1.29 is 28.5 Å². The molecule has 2 saturated carbocycles. The number of carbonyl (C=O) groups is 1. The van der Waals surface area contributed by atoms with Crippen LogP contribution in [0.15, 0.2) is 66.9 Å². The molecule has 1 heterocycles. The van der Waals surface area contributed by atoms with Crippen molar-refractivity contribution in [3.63, 3.8) is 0 Å². The molecule has 0 unspecified atom stereocenters. The summed E-state index contributed by atoms with van der Waals surface area (Å²) in [6, 6.07) is 21.1. The quantitative estimate of drug-likeness (QED) is 0.0901. The van der Waals surface area contributed by atoms with Crippen molar-refractivity contribution in [2.24, 2.45) is 11.8 Å². The maximum Gasteiger partial charge on any atom is 0.222 e. The van der Waals surface area contributed by atoms with E-state index in [9.17, 15) is 4.79 Å². The van der Waals surface area contributed by atoms with Crippen LogP contribution in [0.4, 0.5) is 0 Å². The van der Waals surface area contributed by atoms with Crippen molar-refractivity contribution >= 4 is 5.91 Å². The zero-order valence-electron chi connectivity index (χ0n) is 32.0. The van der Waals surface area contributed by atoms with E-state index in [4.69, 9.17) is 23.7 Å². The standard InChI is InChI=1S/C44H63N3O6/c1-35-40(18-11-19-41(35)37-12-5-2-6-13-37)34-53-43-21-20-36(33-46-43)32-45-23-25-50-27-29-52-31-30-51-28-26-49-24-22-42(48)47-44(38-14-7-3-8-15-38)39-16-9-4-10-17-39/h2,5-6,11-13,18-21,33,38-39,44-45H,3-4,7-10,14-17,22-32,34H2,1H3,(H,47,48). The molecule has 0 radical (unpaired) electrons. The predicted molar refractivity (Wildman–Crippen MR) is 210 cm³/mol. The van der Waals surface area contributed by atoms with Crippen LogP contribution in [0.1, 0.15) is 87.3 Å². The fraction of sp³-hybridized carbons (Fsp3) is 0.591. The Morgan fingerprint density at radius 3 is 1.96 bits per heavy atom. The number of pyridine rings is 1. The lowest BCUT2D eigenvalue weighted by atomic mass is 9.73. The van der Waals surface area contributed by atoms with Gasteiger partial charge in [-0.2, -0.15) is 0 Å². The van der Waals surface area contributed by atoms with E-state index in [-0.39, 0.29) is 5.91 Å². The molecule has 2 aliphatic carbocycles. The summed E-state index contributed by atoms with van der Waals surface area (Å²) in [5.41, 5.74) is 5.90. The zero-order chi connectivity index (χ0) is 36.8. The number of carbonyl (C=O) groups excluding carboxylic acids is 1. The van der Waals surface area contributed by atoms with Crippen LogP contribution in [0.25, 0.3) is 11.1 Å². The summed E-state index contributed by atoms with van der Waals surface area (Å²) >= 11 is 0. The molecule has 9 nitrogen and oxygen atoms in total. The first-order valence-corrected chi connectivity index (χ1v) is 20.2. The highest BCUT2D eigenvalue weighted by molar-refractivity contribution is 5.76. The van der Waals surface area contributed by atoms with Crippen LogP contribution in [0.3, 0.4) is 0 Å². The molecule has 2 aromatic carbocycles. The monoisotopic (exact) mass is 729 g/mol. The molecule has 290 valence electrons. The summed E-state index contributed by atoms with van der Waals surface area (Å²) in [6.45, 7) is 8.17. The van der Waals surface area contributed by atoms with E-state index in [1.807, 2.05) is 24.4 Å². The van der Waals surface area contributed by atoms with E-state index in [2.05, 4.69) is 65.0 Å². The fourth-order valence-corrected chi connectivity index (χ4v) is 7.69. The van der Waals surface area contributed by atoms with Crippen LogP contribution in [0.2, 0.25) is 0 Å². The minimum absolute atomic E-state index is 0.139. The number of hydrogen-bond donors (Lipinski definition) is 2. The highest BCUT2D eigenvalue weighted by Gasteiger charge is 2.32. The topological polar surface area (TPSA) is 100 Å². The highest BCUT2D eigenvalue weighted by Crippen LogP contribution is 2.35. The molecular formula is C44H63N3O6. The normalized spacial score (nSPS) is 15.5. The molecule has 0 bridgehead atoms. The summed E-state index contributed by atoms with van der Waals surface area (Å²) in [6.07, 6.45) is 15.3. The average Bonchev–Trinajstić information content (AvgIpc) is 3.21. The van der Waals surface area contributed by atoms with Gasteiger partial charge in [0, 0.05) is 37.8 Å². The van der Waals surface area contributed by atoms with Crippen molar-refractivity contribution in [2.45, 2.75) is 96.7 Å². The van der Waals surface area contributed by atoms with Crippen LogP contribution in [-0.4, -0.2) is 76.3 Å². The fourth-order valence-electron chi connectivity index (χ4n) is 7.69. The lowest BCUT2D eigenvalue weighted by Crippen LogP contribution is -2.46. The first-order valence-electron chi connectivity index (χ1n) is 20.2. The van der Waals surface area contributed by atoms with Crippen LogP contribution in [0, 0.1) is 18.8 Å². The van der Waals surface area contributed by atoms with Gasteiger partial charge in [0.05, 0.1) is 52.9 Å². The summed E-state index contributed by atoms with van der Waals surface area (Å²) in [7, 11) is 0. The van der Waals surface area contributed by atoms with Crippen molar-refractivity contribution in [3.8, 4) is 17.0 Å². The smallest absolute Gasteiger partial charge is 0.222 e. The van der Waals surface area contributed by atoms with E-state index >= 15 is 0 Å². The van der Waals surface area contributed by atoms with Gasteiger partial charge in [0.15, 0.2) is 0 Å². The zero-order valence-corrected chi connectivity index (χ0v) is 32.0. The van der Waals surface area contributed by atoms with Gasteiger partial charge in [-0.25, -0.2) is 4.98 Å².